The van der Waals surface area contributed by atoms with E-state index in [1.54, 1.807) is 0 Å². The zero-order chi connectivity index (χ0) is 12.3. The molecule has 2 atom stereocenters. The highest BCUT2D eigenvalue weighted by Crippen LogP contribution is 2.30. The molecular formula is C13H23NO3. The lowest BCUT2D eigenvalue weighted by Crippen LogP contribution is -2.58. The fourth-order valence-corrected chi connectivity index (χ4v) is 3.10. The summed E-state index contributed by atoms with van der Waals surface area (Å²) in [6.45, 7) is 2.87. The second kappa shape index (κ2) is 5.36. The fourth-order valence-electron chi connectivity index (χ4n) is 3.10. The summed E-state index contributed by atoms with van der Waals surface area (Å²) in [6.07, 6.45) is 7.01. The molecule has 1 aliphatic heterocycles. The Kier molecular flexibility index (Phi) is 4.05. The Morgan fingerprint density at radius 1 is 1.35 bits per heavy atom. The van der Waals surface area contributed by atoms with Gasteiger partial charge in [-0.05, 0) is 32.6 Å². The van der Waals surface area contributed by atoms with Gasteiger partial charge in [0.15, 0.2) is 0 Å². The van der Waals surface area contributed by atoms with Gasteiger partial charge >= 0.3 is 5.97 Å². The molecule has 2 fully saturated rings. The number of carboxylic acid groups (broad SMARTS) is 1. The van der Waals surface area contributed by atoms with Crippen LogP contribution in [0.4, 0.5) is 0 Å². The average Bonchev–Trinajstić information content (AvgIpc) is 2.83. The van der Waals surface area contributed by atoms with Gasteiger partial charge in [-0.15, -0.1) is 0 Å². The van der Waals surface area contributed by atoms with Crippen molar-refractivity contribution in [3.8, 4) is 0 Å². The lowest BCUT2D eigenvalue weighted by molar-refractivity contribution is -0.147. The molecule has 1 heterocycles. The molecule has 0 aromatic carbocycles. The van der Waals surface area contributed by atoms with Crippen molar-refractivity contribution in [1.82, 2.24) is 5.32 Å². The molecule has 2 rings (SSSR count). The van der Waals surface area contributed by atoms with Gasteiger partial charge in [0, 0.05) is 12.6 Å². The second-order valence-corrected chi connectivity index (χ2v) is 5.43. The van der Waals surface area contributed by atoms with Gasteiger partial charge in [-0.1, -0.05) is 19.3 Å². The van der Waals surface area contributed by atoms with Gasteiger partial charge in [0.25, 0.3) is 0 Å². The second-order valence-electron chi connectivity index (χ2n) is 5.43. The zero-order valence-corrected chi connectivity index (χ0v) is 10.6. The standard InChI is InChI=1S/C13H23NO3/c1-10(11-6-5-9-17-11)14-13(12(15)16)7-3-2-4-8-13/h10-11,14H,2-9H2,1H3,(H,15,16). The maximum atomic E-state index is 11.5. The third-order valence-corrected chi connectivity index (χ3v) is 4.14. The van der Waals surface area contributed by atoms with E-state index in [1.165, 1.54) is 0 Å². The fraction of sp³-hybridized carbons (Fsp3) is 0.923. The Morgan fingerprint density at radius 2 is 2.06 bits per heavy atom. The first-order chi connectivity index (χ1) is 8.14. The topological polar surface area (TPSA) is 58.6 Å². The summed E-state index contributed by atoms with van der Waals surface area (Å²) in [5.74, 6) is -0.693. The van der Waals surface area contributed by atoms with Crippen molar-refractivity contribution in [1.29, 1.82) is 0 Å². The summed E-state index contributed by atoms with van der Waals surface area (Å²) in [5.41, 5.74) is -0.705. The van der Waals surface area contributed by atoms with Crippen molar-refractivity contribution in [2.75, 3.05) is 6.61 Å². The summed E-state index contributed by atoms with van der Waals surface area (Å²) in [4.78, 5) is 11.5. The Bertz CT molecular complexity index is 268. The van der Waals surface area contributed by atoms with Gasteiger partial charge in [-0.3, -0.25) is 10.1 Å². The average molecular weight is 241 g/mol. The predicted octanol–water partition coefficient (Wildman–Crippen LogP) is 1.93. The van der Waals surface area contributed by atoms with E-state index in [9.17, 15) is 9.90 Å². The van der Waals surface area contributed by atoms with E-state index >= 15 is 0 Å². The molecule has 1 saturated heterocycles. The molecule has 4 nitrogen and oxygen atoms in total. The molecule has 0 radical (unpaired) electrons. The van der Waals surface area contributed by atoms with E-state index in [-0.39, 0.29) is 12.1 Å². The molecule has 98 valence electrons. The number of ether oxygens (including phenoxy) is 1. The maximum absolute atomic E-state index is 11.5. The van der Waals surface area contributed by atoms with Crippen molar-refractivity contribution in [2.24, 2.45) is 0 Å². The highest BCUT2D eigenvalue weighted by molar-refractivity contribution is 5.79. The number of carboxylic acids is 1. The zero-order valence-electron chi connectivity index (χ0n) is 10.6. The number of rotatable bonds is 4. The molecule has 2 aliphatic rings. The van der Waals surface area contributed by atoms with Crippen molar-refractivity contribution in [3.63, 3.8) is 0 Å². The van der Waals surface area contributed by atoms with Crippen LogP contribution < -0.4 is 5.32 Å². The molecule has 0 aromatic heterocycles. The summed E-state index contributed by atoms with van der Waals surface area (Å²) in [6, 6.07) is 0.131. The molecule has 1 saturated carbocycles. The van der Waals surface area contributed by atoms with Crippen LogP contribution in [0, 0.1) is 0 Å². The minimum absolute atomic E-state index is 0.131. The molecule has 17 heavy (non-hydrogen) atoms. The smallest absolute Gasteiger partial charge is 0.323 e. The minimum atomic E-state index is -0.705. The van der Waals surface area contributed by atoms with Crippen LogP contribution in [0.3, 0.4) is 0 Å². The number of hydrogen-bond donors (Lipinski definition) is 2. The molecule has 0 spiro atoms. The van der Waals surface area contributed by atoms with Crippen LogP contribution >= 0.6 is 0 Å². The minimum Gasteiger partial charge on any atom is -0.480 e. The Balaban J connectivity index is 1.98. The van der Waals surface area contributed by atoms with Crippen LogP contribution in [0.15, 0.2) is 0 Å². The molecule has 0 aromatic rings. The van der Waals surface area contributed by atoms with Crippen molar-refractivity contribution >= 4 is 5.97 Å². The molecule has 0 amide bonds. The molecule has 2 unspecified atom stereocenters. The highest BCUT2D eigenvalue weighted by atomic mass is 16.5. The third-order valence-electron chi connectivity index (χ3n) is 4.14. The van der Waals surface area contributed by atoms with E-state index in [2.05, 4.69) is 12.2 Å². The first-order valence-electron chi connectivity index (χ1n) is 6.77. The molecule has 0 bridgehead atoms. The molecule has 2 N–H and O–H groups in total. The van der Waals surface area contributed by atoms with Gasteiger partial charge in [0.2, 0.25) is 0 Å². The quantitative estimate of drug-likeness (QED) is 0.789. The summed E-state index contributed by atoms with van der Waals surface area (Å²) >= 11 is 0. The lowest BCUT2D eigenvalue weighted by Gasteiger charge is -2.38. The van der Waals surface area contributed by atoms with Crippen LogP contribution in [0.25, 0.3) is 0 Å². The number of nitrogens with one attached hydrogen (secondary N) is 1. The van der Waals surface area contributed by atoms with Gasteiger partial charge in [-0.2, -0.15) is 0 Å². The SMILES string of the molecule is CC(NC1(C(=O)O)CCCCC1)C1CCCO1. The Hall–Kier alpha value is -0.610. The first kappa shape index (κ1) is 12.8. The maximum Gasteiger partial charge on any atom is 0.323 e. The predicted molar refractivity (Wildman–Crippen MR) is 65.0 cm³/mol. The third kappa shape index (κ3) is 2.80. The van der Waals surface area contributed by atoms with Gasteiger partial charge in [0.05, 0.1) is 6.10 Å². The molecule has 4 heteroatoms. The monoisotopic (exact) mass is 241 g/mol. The van der Waals surface area contributed by atoms with E-state index in [1.807, 2.05) is 0 Å². The molecule has 1 aliphatic carbocycles. The van der Waals surface area contributed by atoms with Crippen LogP contribution in [0.1, 0.15) is 51.9 Å². The first-order valence-corrected chi connectivity index (χ1v) is 6.77. The van der Waals surface area contributed by atoms with E-state index in [0.717, 1.165) is 51.6 Å². The van der Waals surface area contributed by atoms with Crippen molar-refractivity contribution in [2.45, 2.75) is 69.6 Å². The highest BCUT2D eigenvalue weighted by Gasteiger charge is 2.41. The summed E-state index contributed by atoms with van der Waals surface area (Å²) in [5, 5.41) is 12.8. The van der Waals surface area contributed by atoms with E-state index in [4.69, 9.17) is 4.74 Å². The van der Waals surface area contributed by atoms with Crippen LogP contribution in [-0.2, 0) is 9.53 Å². The van der Waals surface area contributed by atoms with Gasteiger partial charge in [0.1, 0.15) is 5.54 Å². The van der Waals surface area contributed by atoms with Gasteiger partial charge < -0.3 is 9.84 Å². The summed E-state index contributed by atoms with van der Waals surface area (Å²) < 4.78 is 5.63. The van der Waals surface area contributed by atoms with Crippen molar-refractivity contribution < 1.29 is 14.6 Å². The van der Waals surface area contributed by atoms with Crippen molar-refractivity contribution in [3.05, 3.63) is 0 Å². The Labute approximate surface area is 103 Å². The van der Waals surface area contributed by atoms with Crippen LogP contribution in [0.2, 0.25) is 0 Å². The lowest BCUT2D eigenvalue weighted by atomic mass is 9.81. The number of hydrogen-bond acceptors (Lipinski definition) is 3. The molecular weight excluding hydrogens is 218 g/mol. The van der Waals surface area contributed by atoms with E-state index in [0.29, 0.717) is 0 Å². The largest absolute Gasteiger partial charge is 0.480 e. The van der Waals surface area contributed by atoms with Crippen LogP contribution in [-0.4, -0.2) is 35.4 Å². The normalized spacial score (nSPS) is 30.1. The number of carbonyl (C=O) groups is 1. The van der Waals surface area contributed by atoms with E-state index < -0.39 is 11.5 Å². The van der Waals surface area contributed by atoms with Gasteiger partial charge in [-0.25, -0.2) is 0 Å². The summed E-state index contributed by atoms with van der Waals surface area (Å²) in [7, 11) is 0. The number of aliphatic carboxylic acids is 1. The Morgan fingerprint density at radius 3 is 2.59 bits per heavy atom. The van der Waals surface area contributed by atoms with Crippen LogP contribution in [0.5, 0.6) is 0 Å².